The predicted molar refractivity (Wildman–Crippen MR) is 63.3 cm³/mol. The number of nitrogens with one attached hydrogen (secondary N) is 1. The van der Waals surface area contributed by atoms with Crippen LogP contribution in [0, 0.1) is 0 Å². The van der Waals surface area contributed by atoms with Gasteiger partial charge in [0.2, 0.25) is 11.9 Å². The molecule has 0 aliphatic rings. The molecule has 1 rings (SSSR count). The molecule has 1 aromatic rings. The van der Waals surface area contributed by atoms with Crippen LogP contribution >= 0.6 is 11.6 Å². The summed E-state index contributed by atoms with van der Waals surface area (Å²) in [5.41, 5.74) is 5.42. The second-order valence-electron chi connectivity index (χ2n) is 3.40. The summed E-state index contributed by atoms with van der Waals surface area (Å²) in [5.74, 6) is 0.665. The highest BCUT2D eigenvalue weighted by Gasteiger charge is 2.04. The smallest absolute Gasteiger partial charge is 0.223 e. The van der Waals surface area contributed by atoms with Crippen LogP contribution < -0.4 is 11.1 Å². The van der Waals surface area contributed by atoms with Crippen molar-refractivity contribution in [3.63, 3.8) is 0 Å². The lowest BCUT2D eigenvalue weighted by Gasteiger charge is -2.10. The zero-order chi connectivity index (χ0) is 12.1. The first kappa shape index (κ1) is 12.5. The van der Waals surface area contributed by atoms with Crippen molar-refractivity contribution in [2.75, 3.05) is 31.7 Å². The van der Waals surface area contributed by atoms with E-state index >= 15 is 0 Å². The minimum Gasteiger partial charge on any atom is -0.369 e. The minimum absolute atomic E-state index is 0.0422. The number of hydrogen-bond acceptors (Lipinski definition) is 5. The molecule has 0 aromatic carbocycles. The number of hydrogen-bond donors (Lipinski definition) is 2. The average molecular weight is 244 g/mol. The number of nitrogens with two attached hydrogens (primary N) is 1. The van der Waals surface area contributed by atoms with E-state index in [9.17, 15) is 4.79 Å². The van der Waals surface area contributed by atoms with Gasteiger partial charge in [0.15, 0.2) is 0 Å². The Labute approximate surface area is 98.8 Å². The van der Waals surface area contributed by atoms with Crippen LogP contribution in [0.5, 0.6) is 0 Å². The van der Waals surface area contributed by atoms with Gasteiger partial charge in [-0.15, -0.1) is 0 Å². The molecular formula is C9H14ClN5O. The van der Waals surface area contributed by atoms with E-state index in [1.807, 2.05) is 0 Å². The molecule has 3 N–H and O–H groups in total. The van der Waals surface area contributed by atoms with Crippen molar-refractivity contribution in [1.29, 1.82) is 0 Å². The Morgan fingerprint density at radius 1 is 1.56 bits per heavy atom. The van der Waals surface area contributed by atoms with Crippen LogP contribution in [0.4, 0.5) is 11.8 Å². The number of carbonyl (C=O) groups is 1. The molecule has 0 atom stereocenters. The van der Waals surface area contributed by atoms with E-state index in [4.69, 9.17) is 17.3 Å². The van der Waals surface area contributed by atoms with Gasteiger partial charge in [0.25, 0.3) is 0 Å². The van der Waals surface area contributed by atoms with Crippen LogP contribution in [0.25, 0.3) is 0 Å². The van der Waals surface area contributed by atoms with Crippen molar-refractivity contribution in [1.82, 2.24) is 14.9 Å². The summed E-state index contributed by atoms with van der Waals surface area (Å²) in [7, 11) is 3.42. The number of amides is 1. The van der Waals surface area contributed by atoms with Gasteiger partial charge in [-0.1, -0.05) is 11.6 Å². The number of anilines is 2. The molecule has 1 aromatic heterocycles. The van der Waals surface area contributed by atoms with Gasteiger partial charge in [-0.05, 0) is 0 Å². The fourth-order valence-electron chi connectivity index (χ4n) is 1.05. The van der Waals surface area contributed by atoms with Crippen molar-refractivity contribution in [2.24, 2.45) is 0 Å². The SMILES string of the molecule is CN(C)C(=O)CCNc1cc(Cl)nc(N)n1. The molecule has 0 bridgehead atoms. The third-order valence-electron chi connectivity index (χ3n) is 1.86. The Balaban J connectivity index is 2.46. The first-order chi connectivity index (χ1) is 7.49. The quantitative estimate of drug-likeness (QED) is 0.757. The standard InChI is InChI=1S/C9H14ClN5O/c1-15(2)8(16)3-4-12-7-5-6(10)13-9(11)14-7/h5H,3-4H2,1-2H3,(H3,11,12,13,14). The maximum atomic E-state index is 11.3. The van der Waals surface area contributed by atoms with Crippen LogP contribution in [-0.2, 0) is 4.79 Å². The molecule has 0 unspecified atom stereocenters. The van der Waals surface area contributed by atoms with Crippen LogP contribution in [0.2, 0.25) is 5.15 Å². The lowest BCUT2D eigenvalue weighted by molar-refractivity contribution is -0.128. The van der Waals surface area contributed by atoms with E-state index in [2.05, 4.69) is 15.3 Å². The van der Waals surface area contributed by atoms with Crippen molar-refractivity contribution < 1.29 is 4.79 Å². The molecule has 0 spiro atoms. The molecule has 6 nitrogen and oxygen atoms in total. The van der Waals surface area contributed by atoms with Crippen LogP contribution in [-0.4, -0.2) is 41.4 Å². The molecule has 0 saturated heterocycles. The molecule has 0 saturated carbocycles. The molecule has 0 fully saturated rings. The maximum absolute atomic E-state index is 11.3. The van der Waals surface area contributed by atoms with E-state index in [0.29, 0.717) is 18.8 Å². The van der Waals surface area contributed by atoms with Gasteiger partial charge in [0.1, 0.15) is 11.0 Å². The number of carbonyl (C=O) groups excluding carboxylic acids is 1. The zero-order valence-corrected chi connectivity index (χ0v) is 9.95. The highest BCUT2D eigenvalue weighted by Crippen LogP contribution is 2.12. The van der Waals surface area contributed by atoms with Gasteiger partial charge in [0, 0.05) is 33.1 Å². The number of halogens is 1. The van der Waals surface area contributed by atoms with Crippen molar-refractivity contribution in [3.8, 4) is 0 Å². The summed E-state index contributed by atoms with van der Waals surface area (Å²) in [6.07, 6.45) is 0.383. The van der Waals surface area contributed by atoms with E-state index in [0.717, 1.165) is 0 Å². The summed E-state index contributed by atoms with van der Waals surface area (Å²) in [5, 5.41) is 3.22. The van der Waals surface area contributed by atoms with E-state index in [1.165, 1.54) is 4.90 Å². The molecule has 1 amide bonds. The zero-order valence-electron chi connectivity index (χ0n) is 9.20. The van der Waals surface area contributed by atoms with Gasteiger partial charge in [-0.3, -0.25) is 4.79 Å². The molecule has 0 aliphatic carbocycles. The van der Waals surface area contributed by atoms with E-state index < -0.39 is 0 Å². The predicted octanol–water partition coefficient (Wildman–Crippen LogP) is 0.602. The second kappa shape index (κ2) is 5.50. The van der Waals surface area contributed by atoms with E-state index in [-0.39, 0.29) is 17.0 Å². The monoisotopic (exact) mass is 243 g/mol. The molecule has 16 heavy (non-hydrogen) atoms. The molecule has 7 heteroatoms. The Kier molecular flexibility index (Phi) is 4.30. The third kappa shape index (κ3) is 3.90. The van der Waals surface area contributed by atoms with Gasteiger partial charge >= 0.3 is 0 Å². The molecule has 88 valence electrons. The Morgan fingerprint density at radius 2 is 2.25 bits per heavy atom. The Hall–Kier alpha value is -1.56. The van der Waals surface area contributed by atoms with E-state index in [1.54, 1.807) is 20.2 Å². The summed E-state index contributed by atoms with van der Waals surface area (Å²) in [6, 6.07) is 1.55. The Bertz CT molecular complexity index is 362. The highest BCUT2D eigenvalue weighted by molar-refractivity contribution is 6.29. The largest absolute Gasteiger partial charge is 0.369 e. The van der Waals surface area contributed by atoms with Crippen molar-refractivity contribution in [3.05, 3.63) is 11.2 Å². The van der Waals surface area contributed by atoms with Crippen molar-refractivity contribution in [2.45, 2.75) is 6.42 Å². The first-order valence-electron chi connectivity index (χ1n) is 4.73. The lowest BCUT2D eigenvalue weighted by Crippen LogP contribution is -2.24. The van der Waals surface area contributed by atoms with Gasteiger partial charge in [-0.2, -0.15) is 4.98 Å². The lowest BCUT2D eigenvalue weighted by atomic mass is 10.4. The number of rotatable bonds is 4. The average Bonchev–Trinajstić information content (AvgIpc) is 2.15. The molecule has 0 radical (unpaired) electrons. The first-order valence-corrected chi connectivity index (χ1v) is 5.11. The Morgan fingerprint density at radius 3 is 2.81 bits per heavy atom. The molecule has 1 heterocycles. The maximum Gasteiger partial charge on any atom is 0.223 e. The van der Waals surface area contributed by atoms with Crippen LogP contribution in [0.3, 0.4) is 0 Å². The fraction of sp³-hybridized carbons (Fsp3) is 0.444. The second-order valence-corrected chi connectivity index (χ2v) is 3.79. The number of aromatic nitrogens is 2. The number of nitrogens with zero attached hydrogens (tertiary/aromatic N) is 3. The third-order valence-corrected chi connectivity index (χ3v) is 2.05. The fourth-order valence-corrected chi connectivity index (χ4v) is 1.24. The molecular weight excluding hydrogens is 230 g/mol. The van der Waals surface area contributed by atoms with Crippen LogP contribution in [0.1, 0.15) is 6.42 Å². The van der Waals surface area contributed by atoms with Crippen molar-refractivity contribution >= 4 is 29.3 Å². The number of nitrogen functional groups attached to an aromatic ring is 1. The highest BCUT2D eigenvalue weighted by atomic mass is 35.5. The van der Waals surface area contributed by atoms with Gasteiger partial charge < -0.3 is 16.0 Å². The van der Waals surface area contributed by atoms with Gasteiger partial charge in [0.05, 0.1) is 0 Å². The summed E-state index contributed by atoms with van der Waals surface area (Å²) in [6.45, 7) is 0.476. The normalized spacial score (nSPS) is 9.94. The van der Waals surface area contributed by atoms with Gasteiger partial charge in [-0.25, -0.2) is 4.98 Å². The summed E-state index contributed by atoms with van der Waals surface area (Å²) < 4.78 is 0. The summed E-state index contributed by atoms with van der Waals surface area (Å²) in [4.78, 5) is 20.4. The topological polar surface area (TPSA) is 84.1 Å². The summed E-state index contributed by atoms with van der Waals surface area (Å²) >= 11 is 5.70. The van der Waals surface area contributed by atoms with Crippen LogP contribution in [0.15, 0.2) is 6.07 Å². The minimum atomic E-state index is 0.0422. The molecule has 0 aliphatic heterocycles.